The van der Waals surface area contributed by atoms with Gasteiger partial charge in [-0.15, -0.1) is 17.0 Å². The highest BCUT2D eigenvalue weighted by molar-refractivity contribution is 9.09. The van der Waals surface area contributed by atoms with E-state index in [2.05, 4.69) is 33.4 Å². The van der Waals surface area contributed by atoms with Crippen molar-refractivity contribution in [3.63, 3.8) is 0 Å². The largest absolute Gasteiger partial charge is 0.385 e. The second-order valence-electron chi connectivity index (χ2n) is 2.34. The molecular formula is C9H13Br2N. The van der Waals surface area contributed by atoms with E-state index in [-0.39, 0.29) is 17.0 Å². The SMILES string of the molecule is Br.BrCCCNc1ccccc1. The van der Waals surface area contributed by atoms with E-state index in [1.54, 1.807) is 0 Å². The first-order valence-corrected chi connectivity index (χ1v) is 4.90. The minimum absolute atomic E-state index is 0. The van der Waals surface area contributed by atoms with Crippen LogP contribution in [0, 0.1) is 0 Å². The maximum absolute atomic E-state index is 3.38. The number of para-hydroxylation sites is 1. The average Bonchev–Trinajstić information content (AvgIpc) is 2.07. The molecule has 0 bridgehead atoms. The lowest BCUT2D eigenvalue weighted by Gasteiger charge is -2.02. The highest BCUT2D eigenvalue weighted by atomic mass is 79.9. The third kappa shape index (κ3) is 4.78. The number of halogens is 2. The molecule has 0 saturated heterocycles. The van der Waals surface area contributed by atoms with Gasteiger partial charge in [-0.1, -0.05) is 34.1 Å². The molecule has 0 fully saturated rings. The fraction of sp³-hybridized carbons (Fsp3) is 0.333. The van der Waals surface area contributed by atoms with Gasteiger partial charge in [-0.3, -0.25) is 0 Å². The minimum Gasteiger partial charge on any atom is -0.385 e. The standard InChI is InChI=1S/C9H12BrN.BrH/c10-7-4-8-11-9-5-2-1-3-6-9;/h1-3,5-6,11H,4,7-8H2;1H. The molecule has 1 N–H and O–H groups in total. The molecule has 0 aliphatic carbocycles. The van der Waals surface area contributed by atoms with Crippen molar-refractivity contribution in [3.8, 4) is 0 Å². The molecule has 0 aliphatic rings. The zero-order valence-electron chi connectivity index (χ0n) is 6.79. The Kier molecular flexibility index (Phi) is 7.61. The van der Waals surface area contributed by atoms with Gasteiger partial charge in [0.2, 0.25) is 0 Å². The van der Waals surface area contributed by atoms with E-state index in [9.17, 15) is 0 Å². The van der Waals surface area contributed by atoms with Gasteiger partial charge in [-0.25, -0.2) is 0 Å². The molecule has 0 spiro atoms. The topological polar surface area (TPSA) is 12.0 Å². The number of nitrogens with one attached hydrogen (secondary N) is 1. The van der Waals surface area contributed by atoms with E-state index in [4.69, 9.17) is 0 Å². The lowest BCUT2D eigenvalue weighted by molar-refractivity contribution is 0.999. The molecule has 1 aromatic rings. The summed E-state index contributed by atoms with van der Waals surface area (Å²) in [7, 11) is 0. The Bertz CT molecular complexity index is 189. The molecule has 1 rings (SSSR count). The van der Waals surface area contributed by atoms with Crippen LogP contribution in [-0.4, -0.2) is 11.9 Å². The average molecular weight is 295 g/mol. The quantitative estimate of drug-likeness (QED) is 0.662. The summed E-state index contributed by atoms with van der Waals surface area (Å²) in [4.78, 5) is 0. The van der Waals surface area contributed by atoms with Crippen LogP contribution in [0.5, 0.6) is 0 Å². The molecule has 0 unspecified atom stereocenters. The van der Waals surface area contributed by atoms with Crippen molar-refractivity contribution in [2.24, 2.45) is 0 Å². The van der Waals surface area contributed by atoms with Gasteiger partial charge < -0.3 is 5.32 Å². The summed E-state index contributed by atoms with van der Waals surface area (Å²) in [5.41, 5.74) is 1.20. The Morgan fingerprint density at radius 3 is 2.42 bits per heavy atom. The van der Waals surface area contributed by atoms with Gasteiger partial charge in [0.25, 0.3) is 0 Å². The minimum atomic E-state index is 0. The highest BCUT2D eigenvalue weighted by Gasteiger charge is 1.86. The van der Waals surface area contributed by atoms with Crippen molar-refractivity contribution in [2.45, 2.75) is 6.42 Å². The van der Waals surface area contributed by atoms with Crippen molar-refractivity contribution in [3.05, 3.63) is 30.3 Å². The van der Waals surface area contributed by atoms with Crippen molar-refractivity contribution in [2.75, 3.05) is 17.2 Å². The summed E-state index contributed by atoms with van der Waals surface area (Å²) in [5, 5.41) is 4.38. The Morgan fingerprint density at radius 1 is 1.17 bits per heavy atom. The molecule has 1 nitrogen and oxygen atoms in total. The van der Waals surface area contributed by atoms with Crippen LogP contribution in [0.1, 0.15) is 6.42 Å². The van der Waals surface area contributed by atoms with Gasteiger partial charge >= 0.3 is 0 Å². The molecule has 1 aromatic carbocycles. The van der Waals surface area contributed by atoms with Crippen LogP contribution in [0.3, 0.4) is 0 Å². The van der Waals surface area contributed by atoms with E-state index in [0.717, 1.165) is 18.3 Å². The maximum Gasteiger partial charge on any atom is 0.0340 e. The molecule has 0 radical (unpaired) electrons. The third-order valence-corrected chi connectivity index (χ3v) is 1.97. The maximum atomic E-state index is 3.38. The van der Waals surface area contributed by atoms with Crippen LogP contribution in [0.4, 0.5) is 5.69 Å². The first-order chi connectivity index (χ1) is 5.43. The number of rotatable bonds is 4. The van der Waals surface area contributed by atoms with Crippen LogP contribution < -0.4 is 5.32 Å². The Morgan fingerprint density at radius 2 is 1.83 bits per heavy atom. The van der Waals surface area contributed by atoms with Crippen LogP contribution in [0.15, 0.2) is 30.3 Å². The van der Waals surface area contributed by atoms with Crippen LogP contribution in [0.25, 0.3) is 0 Å². The monoisotopic (exact) mass is 293 g/mol. The Hall–Kier alpha value is -0.0200. The van der Waals surface area contributed by atoms with Crippen molar-refractivity contribution >= 4 is 38.6 Å². The third-order valence-electron chi connectivity index (χ3n) is 1.41. The second kappa shape index (κ2) is 7.62. The van der Waals surface area contributed by atoms with E-state index in [0.29, 0.717) is 0 Å². The molecule has 68 valence electrons. The van der Waals surface area contributed by atoms with E-state index < -0.39 is 0 Å². The van der Waals surface area contributed by atoms with Gasteiger partial charge in [0.1, 0.15) is 0 Å². The first kappa shape index (κ1) is 12.0. The van der Waals surface area contributed by atoms with Gasteiger partial charge in [-0.2, -0.15) is 0 Å². The van der Waals surface area contributed by atoms with Crippen LogP contribution >= 0.6 is 32.9 Å². The summed E-state index contributed by atoms with van der Waals surface area (Å²) in [5.74, 6) is 0. The molecule has 0 atom stereocenters. The number of alkyl halides is 1. The molecule has 0 heterocycles. The highest BCUT2D eigenvalue weighted by Crippen LogP contribution is 2.04. The number of hydrogen-bond acceptors (Lipinski definition) is 1. The molecule has 0 saturated carbocycles. The normalized spacial score (nSPS) is 8.75. The fourth-order valence-corrected chi connectivity index (χ4v) is 1.14. The number of anilines is 1. The predicted octanol–water partition coefficient (Wildman–Crippen LogP) is 3.46. The summed E-state index contributed by atoms with van der Waals surface area (Å²) in [6.45, 7) is 1.04. The number of benzene rings is 1. The zero-order chi connectivity index (χ0) is 7.94. The van der Waals surface area contributed by atoms with Crippen LogP contribution in [0.2, 0.25) is 0 Å². The van der Waals surface area contributed by atoms with E-state index in [1.807, 2.05) is 18.2 Å². The van der Waals surface area contributed by atoms with Crippen molar-refractivity contribution in [1.29, 1.82) is 0 Å². The summed E-state index contributed by atoms with van der Waals surface area (Å²) in [6, 6.07) is 10.3. The summed E-state index contributed by atoms with van der Waals surface area (Å²) in [6.07, 6.45) is 1.16. The molecule has 0 amide bonds. The molecule has 12 heavy (non-hydrogen) atoms. The molecular weight excluding hydrogens is 282 g/mol. The smallest absolute Gasteiger partial charge is 0.0340 e. The van der Waals surface area contributed by atoms with Gasteiger partial charge in [0.15, 0.2) is 0 Å². The van der Waals surface area contributed by atoms with E-state index in [1.165, 1.54) is 5.69 Å². The van der Waals surface area contributed by atoms with Gasteiger partial charge in [-0.05, 0) is 18.6 Å². The lowest BCUT2D eigenvalue weighted by atomic mass is 10.3. The van der Waals surface area contributed by atoms with Gasteiger partial charge in [0.05, 0.1) is 0 Å². The Labute approximate surface area is 92.5 Å². The molecule has 3 heteroatoms. The fourth-order valence-electron chi connectivity index (χ4n) is 0.856. The number of hydrogen-bond donors (Lipinski definition) is 1. The van der Waals surface area contributed by atoms with Crippen molar-refractivity contribution in [1.82, 2.24) is 0 Å². The van der Waals surface area contributed by atoms with Gasteiger partial charge in [0, 0.05) is 17.6 Å². The van der Waals surface area contributed by atoms with Crippen molar-refractivity contribution < 1.29 is 0 Å². The zero-order valence-corrected chi connectivity index (χ0v) is 10.1. The van der Waals surface area contributed by atoms with Crippen LogP contribution in [-0.2, 0) is 0 Å². The van der Waals surface area contributed by atoms with E-state index >= 15 is 0 Å². The summed E-state index contributed by atoms with van der Waals surface area (Å²) >= 11 is 3.38. The second-order valence-corrected chi connectivity index (χ2v) is 3.13. The summed E-state index contributed by atoms with van der Waals surface area (Å²) < 4.78 is 0. The predicted molar refractivity (Wildman–Crippen MR) is 63.7 cm³/mol. The lowest BCUT2D eigenvalue weighted by Crippen LogP contribution is -2.00. The molecule has 0 aliphatic heterocycles. The molecule has 0 aromatic heterocycles. The first-order valence-electron chi connectivity index (χ1n) is 3.78. The Balaban J connectivity index is 0.00000121.